The van der Waals surface area contributed by atoms with Crippen LogP contribution in [0.5, 0.6) is 0 Å². The van der Waals surface area contributed by atoms with Gasteiger partial charge in [0.05, 0.1) is 15.6 Å². The molecule has 2 aromatic rings. The molecular formula is C18H22N4O6S2. The summed E-state index contributed by atoms with van der Waals surface area (Å²) in [6.07, 6.45) is 0. The number of nitro groups is 1. The second-order valence-electron chi connectivity index (χ2n) is 6.74. The van der Waals surface area contributed by atoms with Crippen molar-refractivity contribution < 1.29 is 21.8 Å². The zero-order valence-corrected chi connectivity index (χ0v) is 17.9. The molecule has 1 heterocycles. The summed E-state index contributed by atoms with van der Waals surface area (Å²) in [5.41, 5.74) is 0.610. The van der Waals surface area contributed by atoms with Gasteiger partial charge in [-0.05, 0) is 24.7 Å². The standard InChI is InChI=1S/C18H22N4O6S2/c1-19-30(27,28)16-7-8-17(18(13-16)22(23)24)20-9-11-21(12-10-20)29(25,26)14-15-5-3-2-4-6-15/h2-8,13,19H,9-12,14H2,1H3. The SMILES string of the molecule is CNS(=O)(=O)c1ccc(N2CCN(S(=O)(=O)Cc3ccccc3)CC2)c([N+](=O)[O-])c1. The van der Waals surface area contributed by atoms with E-state index >= 15 is 0 Å². The van der Waals surface area contributed by atoms with Gasteiger partial charge < -0.3 is 4.90 Å². The van der Waals surface area contributed by atoms with Gasteiger partial charge in [0.15, 0.2) is 0 Å². The highest BCUT2D eigenvalue weighted by atomic mass is 32.2. The highest BCUT2D eigenvalue weighted by molar-refractivity contribution is 7.89. The molecule has 10 nitrogen and oxygen atoms in total. The number of nitro benzene ring substituents is 1. The fourth-order valence-electron chi connectivity index (χ4n) is 3.29. The third-order valence-electron chi connectivity index (χ3n) is 4.89. The summed E-state index contributed by atoms with van der Waals surface area (Å²) >= 11 is 0. The summed E-state index contributed by atoms with van der Waals surface area (Å²) < 4.78 is 52.8. The molecule has 0 aliphatic carbocycles. The fraction of sp³-hybridized carbons (Fsp3) is 0.333. The predicted octanol–water partition coefficient (Wildman–Crippen LogP) is 1.15. The topological polar surface area (TPSA) is 130 Å². The lowest BCUT2D eigenvalue weighted by atomic mass is 10.2. The molecule has 1 aliphatic rings. The molecule has 2 aromatic carbocycles. The summed E-state index contributed by atoms with van der Waals surface area (Å²) in [5.74, 6) is -0.107. The summed E-state index contributed by atoms with van der Waals surface area (Å²) in [6.45, 7) is 0.881. The van der Waals surface area contributed by atoms with E-state index in [0.717, 1.165) is 6.07 Å². The molecule has 0 unspecified atom stereocenters. The Labute approximate surface area is 175 Å². The maximum Gasteiger partial charge on any atom is 0.293 e. The van der Waals surface area contributed by atoms with Crippen LogP contribution in [-0.4, -0.2) is 59.3 Å². The molecule has 0 amide bonds. The first kappa shape index (κ1) is 22.2. The van der Waals surface area contributed by atoms with Gasteiger partial charge in [-0.1, -0.05) is 30.3 Å². The monoisotopic (exact) mass is 454 g/mol. The van der Waals surface area contributed by atoms with E-state index in [-0.39, 0.29) is 48.2 Å². The van der Waals surface area contributed by atoms with Crippen molar-refractivity contribution in [3.05, 3.63) is 64.2 Å². The Bertz CT molecular complexity index is 1130. The molecule has 30 heavy (non-hydrogen) atoms. The molecule has 1 fully saturated rings. The van der Waals surface area contributed by atoms with Crippen molar-refractivity contribution in [3.63, 3.8) is 0 Å². The van der Waals surface area contributed by atoms with Gasteiger partial charge in [-0.25, -0.2) is 21.6 Å². The Balaban J connectivity index is 1.77. The quantitative estimate of drug-likeness (QED) is 0.491. The summed E-state index contributed by atoms with van der Waals surface area (Å²) in [5, 5.41) is 11.5. The van der Waals surface area contributed by atoms with Gasteiger partial charge in [-0.15, -0.1) is 0 Å². The average molecular weight is 455 g/mol. The van der Waals surface area contributed by atoms with E-state index in [0.29, 0.717) is 5.56 Å². The van der Waals surface area contributed by atoms with E-state index in [9.17, 15) is 26.9 Å². The fourth-order valence-corrected chi connectivity index (χ4v) is 5.55. The molecular weight excluding hydrogens is 432 g/mol. The predicted molar refractivity (Wildman–Crippen MR) is 112 cm³/mol. The van der Waals surface area contributed by atoms with E-state index in [1.165, 1.54) is 23.5 Å². The Hall–Kier alpha value is -2.54. The van der Waals surface area contributed by atoms with Gasteiger partial charge in [0, 0.05) is 32.2 Å². The smallest absolute Gasteiger partial charge is 0.293 e. The van der Waals surface area contributed by atoms with Crippen molar-refractivity contribution in [1.29, 1.82) is 0 Å². The first-order valence-electron chi connectivity index (χ1n) is 9.13. The molecule has 0 saturated carbocycles. The number of nitrogens with zero attached hydrogens (tertiary/aromatic N) is 3. The minimum atomic E-state index is -3.82. The molecule has 0 spiro atoms. The van der Waals surface area contributed by atoms with E-state index in [1.54, 1.807) is 29.2 Å². The maximum absolute atomic E-state index is 12.7. The van der Waals surface area contributed by atoms with Crippen LogP contribution in [0.3, 0.4) is 0 Å². The van der Waals surface area contributed by atoms with Gasteiger partial charge in [-0.3, -0.25) is 10.1 Å². The number of piperazine rings is 1. The summed E-state index contributed by atoms with van der Waals surface area (Å²) in [4.78, 5) is 12.4. The first-order chi connectivity index (χ1) is 14.1. The number of hydrogen-bond donors (Lipinski definition) is 1. The van der Waals surface area contributed by atoms with Crippen molar-refractivity contribution in [1.82, 2.24) is 9.03 Å². The van der Waals surface area contributed by atoms with Crippen LogP contribution in [0, 0.1) is 10.1 Å². The first-order valence-corrected chi connectivity index (χ1v) is 12.2. The van der Waals surface area contributed by atoms with Crippen molar-refractivity contribution >= 4 is 31.4 Å². The lowest BCUT2D eigenvalue weighted by Gasteiger charge is -2.35. The maximum atomic E-state index is 12.7. The number of nitrogens with one attached hydrogen (secondary N) is 1. The number of hydrogen-bond acceptors (Lipinski definition) is 7. The zero-order chi connectivity index (χ0) is 21.9. The minimum Gasteiger partial charge on any atom is -0.363 e. The van der Waals surface area contributed by atoms with Crippen LogP contribution in [0.2, 0.25) is 0 Å². The Morgan fingerprint density at radius 3 is 2.20 bits per heavy atom. The van der Waals surface area contributed by atoms with Crippen LogP contribution >= 0.6 is 0 Å². The number of sulfonamides is 2. The zero-order valence-electron chi connectivity index (χ0n) is 16.3. The molecule has 0 bridgehead atoms. The normalized spacial score (nSPS) is 15.8. The Morgan fingerprint density at radius 2 is 1.63 bits per heavy atom. The van der Waals surface area contributed by atoms with E-state index < -0.39 is 25.0 Å². The molecule has 1 saturated heterocycles. The number of rotatable bonds is 7. The molecule has 12 heteroatoms. The van der Waals surface area contributed by atoms with Crippen molar-refractivity contribution in [2.45, 2.75) is 10.6 Å². The van der Waals surface area contributed by atoms with Gasteiger partial charge in [0.2, 0.25) is 20.0 Å². The van der Waals surface area contributed by atoms with Crippen LogP contribution in [0.15, 0.2) is 53.4 Å². The third-order valence-corrected chi connectivity index (χ3v) is 8.15. The molecule has 0 aromatic heterocycles. The molecule has 0 radical (unpaired) electrons. The largest absolute Gasteiger partial charge is 0.363 e. The van der Waals surface area contributed by atoms with Crippen LogP contribution in [0.1, 0.15) is 5.56 Å². The van der Waals surface area contributed by atoms with Crippen LogP contribution in [0.4, 0.5) is 11.4 Å². The molecule has 1 aliphatic heterocycles. The van der Waals surface area contributed by atoms with Crippen LogP contribution in [0.25, 0.3) is 0 Å². The van der Waals surface area contributed by atoms with Gasteiger partial charge in [0.25, 0.3) is 5.69 Å². The van der Waals surface area contributed by atoms with Crippen molar-refractivity contribution in [2.75, 3.05) is 38.1 Å². The Morgan fingerprint density at radius 1 is 1.00 bits per heavy atom. The second kappa shape index (κ2) is 8.68. The number of anilines is 1. The van der Waals surface area contributed by atoms with E-state index in [4.69, 9.17) is 0 Å². The summed E-state index contributed by atoms with van der Waals surface area (Å²) in [7, 11) is -6.11. The van der Waals surface area contributed by atoms with Gasteiger partial charge in [0.1, 0.15) is 5.69 Å². The molecule has 162 valence electrons. The lowest BCUT2D eigenvalue weighted by Crippen LogP contribution is -2.49. The van der Waals surface area contributed by atoms with E-state index in [1.807, 2.05) is 6.07 Å². The van der Waals surface area contributed by atoms with Crippen LogP contribution < -0.4 is 9.62 Å². The van der Waals surface area contributed by atoms with E-state index in [2.05, 4.69) is 4.72 Å². The molecule has 3 rings (SSSR count). The van der Waals surface area contributed by atoms with Crippen molar-refractivity contribution in [3.8, 4) is 0 Å². The highest BCUT2D eigenvalue weighted by Gasteiger charge is 2.30. The Kier molecular flexibility index (Phi) is 6.41. The van der Waals surface area contributed by atoms with Gasteiger partial charge in [-0.2, -0.15) is 4.31 Å². The summed E-state index contributed by atoms with van der Waals surface area (Å²) in [6, 6.07) is 12.6. The minimum absolute atomic E-state index is 0.107. The number of benzene rings is 2. The van der Waals surface area contributed by atoms with Crippen molar-refractivity contribution in [2.24, 2.45) is 0 Å². The molecule has 1 N–H and O–H groups in total. The lowest BCUT2D eigenvalue weighted by molar-refractivity contribution is -0.384. The molecule has 0 atom stereocenters. The van der Waals surface area contributed by atoms with Crippen LogP contribution in [-0.2, 0) is 25.8 Å². The highest BCUT2D eigenvalue weighted by Crippen LogP contribution is 2.31. The average Bonchev–Trinajstić information content (AvgIpc) is 2.73. The third kappa shape index (κ3) is 4.78. The second-order valence-corrected chi connectivity index (χ2v) is 10.6. The van der Waals surface area contributed by atoms with Gasteiger partial charge >= 0.3 is 0 Å².